The van der Waals surface area contributed by atoms with Gasteiger partial charge in [0.15, 0.2) is 5.69 Å². The molecule has 1 aromatic carbocycles. The Morgan fingerprint density at radius 3 is 2.43 bits per heavy atom. The van der Waals surface area contributed by atoms with Crippen LogP contribution >= 0.6 is 0 Å². The molecule has 1 amide bonds. The minimum Gasteiger partial charge on any atom is -0.493 e. The van der Waals surface area contributed by atoms with E-state index in [0.29, 0.717) is 18.0 Å². The van der Waals surface area contributed by atoms with E-state index in [1.807, 2.05) is 18.2 Å². The van der Waals surface area contributed by atoms with Crippen molar-refractivity contribution in [2.24, 2.45) is 33.4 Å². The summed E-state index contributed by atoms with van der Waals surface area (Å²) in [5, 5.41) is 19.3. The number of aromatic hydroxyl groups is 1. The highest BCUT2D eigenvalue weighted by Crippen LogP contribution is 2.61. The Morgan fingerprint density at radius 1 is 1.18 bits per heavy atom. The fraction of sp³-hybridized carbons (Fsp3) is 0.609. The third kappa shape index (κ3) is 3.05. The van der Waals surface area contributed by atoms with Gasteiger partial charge in [-0.25, -0.2) is 0 Å². The molecule has 5 nitrogen and oxygen atoms in total. The predicted octanol–water partition coefficient (Wildman–Crippen LogP) is 6.21. The second kappa shape index (κ2) is 6.43. The highest BCUT2D eigenvalue weighted by Gasteiger charge is 2.51. The largest absolute Gasteiger partial charge is 0.493 e. The summed E-state index contributed by atoms with van der Waals surface area (Å²) in [6.45, 7) is 4.26. The summed E-state index contributed by atoms with van der Waals surface area (Å²) < 4.78 is 0. The molecule has 0 atom stereocenters. The fourth-order valence-corrected chi connectivity index (χ4v) is 6.61. The number of carbonyl (C=O) groups is 1. The van der Waals surface area contributed by atoms with Crippen LogP contribution in [0.15, 0.2) is 28.4 Å². The summed E-state index contributed by atoms with van der Waals surface area (Å²) in [4.78, 5) is 15.6. The van der Waals surface area contributed by atoms with Crippen LogP contribution < -0.4 is 0 Å². The van der Waals surface area contributed by atoms with Crippen molar-refractivity contribution in [3.8, 4) is 5.88 Å². The molecule has 5 heteroatoms. The number of rotatable bonds is 4. The molecule has 4 aliphatic carbocycles. The number of aromatic nitrogens is 1. The Hall–Kier alpha value is -2.17. The van der Waals surface area contributed by atoms with Crippen LogP contribution in [0, 0.1) is 23.2 Å². The minimum atomic E-state index is -0.143. The second-order valence-electron chi connectivity index (χ2n) is 9.97. The molecule has 4 fully saturated rings. The van der Waals surface area contributed by atoms with Crippen LogP contribution in [-0.4, -0.2) is 16.0 Å². The van der Waals surface area contributed by atoms with Crippen LogP contribution in [0.25, 0.3) is 10.9 Å². The van der Waals surface area contributed by atoms with Crippen LogP contribution in [0.4, 0.5) is 5.69 Å². The van der Waals surface area contributed by atoms with Gasteiger partial charge in [-0.2, -0.15) is 0 Å². The molecule has 1 heterocycles. The van der Waals surface area contributed by atoms with Crippen molar-refractivity contribution in [1.82, 2.24) is 4.98 Å². The van der Waals surface area contributed by atoms with Gasteiger partial charge < -0.3 is 10.1 Å². The van der Waals surface area contributed by atoms with Gasteiger partial charge in [0.05, 0.1) is 5.52 Å². The van der Waals surface area contributed by atoms with E-state index in [0.717, 1.165) is 28.7 Å². The Bertz CT molecular complexity index is 921. The van der Waals surface area contributed by atoms with Gasteiger partial charge in [0.25, 0.3) is 5.91 Å². The fourth-order valence-electron chi connectivity index (χ4n) is 6.61. The Morgan fingerprint density at radius 2 is 1.82 bits per heavy atom. The molecule has 28 heavy (non-hydrogen) atoms. The number of H-pyrrole nitrogens is 1. The van der Waals surface area contributed by atoms with Gasteiger partial charge in [-0.3, -0.25) is 4.79 Å². The van der Waals surface area contributed by atoms with Crippen molar-refractivity contribution in [2.75, 3.05) is 0 Å². The molecule has 0 spiro atoms. The van der Waals surface area contributed by atoms with E-state index in [4.69, 9.17) is 0 Å². The topological polar surface area (TPSA) is 77.8 Å². The number of amides is 1. The van der Waals surface area contributed by atoms with Gasteiger partial charge in [0.1, 0.15) is 0 Å². The Balaban J connectivity index is 1.37. The first-order valence-corrected chi connectivity index (χ1v) is 10.7. The maximum absolute atomic E-state index is 12.7. The van der Waals surface area contributed by atoms with Gasteiger partial charge in [-0.15, -0.1) is 10.2 Å². The zero-order chi connectivity index (χ0) is 19.5. The first-order valence-electron chi connectivity index (χ1n) is 10.7. The maximum atomic E-state index is 12.7. The molecule has 6 rings (SSSR count). The average molecular weight is 380 g/mol. The average Bonchev–Trinajstić information content (AvgIpc) is 2.92. The number of carbonyl (C=O) groups excluding carboxylic acids is 1. The Kier molecular flexibility index (Phi) is 4.11. The maximum Gasteiger partial charge on any atom is 0.265 e. The normalized spacial score (nSPS) is 31.5. The zero-order valence-electron chi connectivity index (χ0n) is 16.7. The van der Waals surface area contributed by atoms with Crippen molar-refractivity contribution in [1.29, 1.82) is 0 Å². The van der Waals surface area contributed by atoms with Crippen LogP contribution in [0.3, 0.4) is 0 Å². The highest BCUT2D eigenvalue weighted by atomic mass is 16.3. The van der Waals surface area contributed by atoms with Gasteiger partial charge >= 0.3 is 0 Å². The smallest absolute Gasteiger partial charge is 0.265 e. The SMILES string of the molecule is CC(C)c1ccc2[nH]c(O)c(N=NC(=O)CC34CC5CC(CC(C5)C3)C4)c2c1. The lowest BCUT2D eigenvalue weighted by molar-refractivity contribution is -0.126. The molecule has 2 N–H and O–H groups in total. The van der Waals surface area contributed by atoms with Crippen molar-refractivity contribution in [3.63, 3.8) is 0 Å². The number of azo groups is 1. The van der Waals surface area contributed by atoms with E-state index >= 15 is 0 Å². The first kappa shape index (κ1) is 17.9. The minimum absolute atomic E-state index is 0.0257. The van der Waals surface area contributed by atoms with Gasteiger partial charge in [-0.1, -0.05) is 19.9 Å². The standard InChI is InChI=1S/C23H29N3O2/c1-13(2)17-3-4-19-18(8-17)21(22(28)24-19)26-25-20(27)12-23-9-14-5-15(10-23)7-16(6-14)11-23/h3-4,8,13-16,24,28H,5-7,9-12H2,1-2H3. The second-order valence-corrected chi connectivity index (χ2v) is 9.97. The van der Waals surface area contributed by atoms with E-state index in [1.165, 1.54) is 44.1 Å². The number of hydrogen-bond acceptors (Lipinski definition) is 3. The van der Waals surface area contributed by atoms with Crippen LogP contribution in [-0.2, 0) is 4.79 Å². The molecule has 1 aromatic heterocycles. The number of fused-ring (bicyclic) bond motifs is 1. The van der Waals surface area contributed by atoms with Crippen molar-refractivity contribution < 1.29 is 9.90 Å². The lowest BCUT2D eigenvalue weighted by atomic mass is 9.49. The molecule has 0 saturated heterocycles. The van der Waals surface area contributed by atoms with Crippen LogP contribution in [0.2, 0.25) is 0 Å². The number of aromatic amines is 1. The third-order valence-corrected chi connectivity index (χ3v) is 7.40. The lowest BCUT2D eigenvalue weighted by Crippen LogP contribution is -2.46. The molecule has 2 aromatic rings. The van der Waals surface area contributed by atoms with Gasteiger partial charge in [0.2, 0.25) is 5.88 Å². The van der Waals surface area contributed by atoms with Crippen molar-refractivity contribution >= 4 is 22.5 Å². The number of nitrogens with zero attached hydrogens (tertiary/aromatic N) is 2. The monoisotopic (exact) mass is 379 g/mol. The van der Waals surface area contributed by atoms with E-state index in [-0.39, 0.29) is 17.2 Å². The summed E-state index contributed by atoms with van der Waals surface area (Å²) in [5.74, 6) is 2.68. The molecule has 4 saturated carbocycles. The lowest BCUT2D eigenvalue weighted by Gasteiger charge is -2.56. The van der Waals surface area contributed by atoms with Crippen LogP contribution in [0.5, 0.6) is 5.88 Å². The predicted molar refractivity (Wildman–Crippen MR) is 109 cm³/mol. The molecule has 4 aliphatic rings. The van der Waals surface area contributed by atoms with Crippen molar-refractivity contribution in [3.05, 3.63) is 23.8 Å². The Labute approximate surface area is 165 Å². The molecule has 0 radical (unpaired) electrons. The van der Waals surface area contributed by atoms with Gasteiger partial charge in [0, 0.05) is 11.8 Å². The van der Waals surface area contributed by atoms with E-state index in [9.17, 15) is 9.90 Å². The van der Waals surface area contributed by atoms with E-state index < -0.39 is 0 Å². The summed E-state index contributed by atoms with van der Waals surface area (Å²) in [6, 6.07) is 6.01. The summed E-state index contributed by atoms with van der Waals surface area (Å²) in [6.07, 6.45) is 8.20. The summed E-state index contributed by atoms with van der Waals surface area (Å²) in [5.41, 5.74) is 2.52. The number of hydrogen-bond donors (Lipinski definition) is 2. The highest BCUT2D eigenvalue weighted by molar-refractivity contribution is 5.95. The molecular weight excluding hydrogens is 350 g/mol. The molecule has 0 unspecified atom stereocenters. The zero-order valence-corrected chi connectivity index (χ0v) is 16.7. The van der Waals surface area contributed by atoms with Gasteiger partial charge in [-0.05, 0) is 85.3 Å². The summed E-state index contributed by atoms with van der Waals surface area (Å²) >= 11 is 0. The molecule has 0 aliphatic heterocycles. The van der Waals surface area contributed by atoms with Crippen LogP contribution in [0.1, 0.15) is 70.3 Å². The number of nitrogens with one attached hydrogen (secondary N) is 1. The summed E-state index contributed by atoms with van der Waals surface area (Å²) in [7, 11) is 0. The van der Waals surface area contributed by atoms with E-state index in [2.05, 4.69) is 29.1 Å². The first-order chi connectivity index (χ1) is 13.4. The van der Waals surface area contributed by atoms with Crippen molar-refractivity contribution in [2.45, 2.75) is 64.7 Å². The molecule has 148 valence electrons. The number of benzene rings is 1. The molecular formula is C23H29N3O2. The van der Waals surface area contributed by atoms with E-state index in [1.54, 1.807) is 0 Å². The third-order valence-electron chi connectivity index (χ3n) is 7.40. The quantitative estimate of drug-likeness (QED) is 0.619. The molecule has 4 bridgehead atoms.